The molecule has 1 unspecified atom stereocenters. The highest BCUT2D eigenvalue weighted by Crippen LogP contribution is 2.34. The predicted molar refractivity (Wildman–Crippen MR) is 66.0 cm³/mol. The smallest absolute Gasteiger partial charge is 0.312 e. The molecule has 1 aliphatic rings. The molecule has 94 valence electrons. The van der Waals surface area contributed by atoms with Gasteiger partial charge in [0.05, 0.1) is 10.5 Å². The van der Waals surface area contributed by atoms with E-state index in [1.807, 2.05) is 13.0 Å². The minimum Gasteiger partial charge on any atom is -0.362 e. The predicted octanol–water partition coefficient (Wildman–Crippen LogP) is 2.46. The summed E-state index contributed by atoms with van der Waals surface area (Å²) in [4.78, 5) is 14.4. The third-order valence-corrected chi connectivity index (χ3v) is 2.96. The maximum Gasteiger partial charge on any atom is 0.312 e. The molecule has 0 radical (unpaired) electrons. The second kappa shape index (κ2) is 5.00. The molecule has 0 aliphatic heterocycles. The highest BCUT2D eigenvalue weighted by Gasteiger charge is 2.25. The summed E-state index contributed by atoms with van der Waals surface area (Å²) in [5.41, 5.74) is 0.0544. The van der Waals surface area contributed by atoms with Crippen molar-refractivity contribution >= 4 is 11.5 Å². The van der Waals surface area contributed by atoms with E-state index < -0.39 is 4.92 Å². The van der Waals surface area contributed by atoms with Crippen LogP contribution in [0.25, 0.3) is 0 Å². The largest absolute Gasteiger partial charge is 0.362 e. The summed E-state index contributed by atoms with van der Waals surface area (Å²) in [6.07, 6.45) is 4.84. The first-order chi connectivity index (χ1) is 8.60. The van der Waals surface area contributed by atoms with Gasteiger partial charge in [0.15, 0.2) is 0 Å². The lowest BCUT2D eigenvalue weighted by molar-refractivity contribution is -0.384. The van der Waals surface area contributed by atoms with E-state index in [-0.39, 0.29) is 23.1 Å². The Hall–Kier alpha value is -2.16. The molecule has 1 heterocycles. The van der Waals surface area contributed by atoms with Crippen LogP contribution < -0.4 is 5.32 Å². The van der Waals surface area contributed by atoms with Crippen LogP contribution in [0.1, 0.15) is 31.7 Å². The van der Waals surface area contributed by atoms with Gasteiger partial charge in [-0.2, -0.15) is 5.26 Å². The number of nitrogens with zero attached hydrogens (tertiary/aromatic N) is 3. The highest BCUT2D eigenvalue weighted by atomic mass is 16.6. The van der Waals surface area contributed by atoms with E-state index in [0.717, 1.165) is 12.3 Å². The Kier molecular flexibility index (Phi) is 3.42. The lowest BCUT2D eigenvalue weighted by Gasteiger charge is -2.13. The summed E-state index contributed by atoms with van der Waals surface area (Å²) < 4.78 is 0. The van der Waals surface area contributed by atoms with Crippen LogP contribution in [0.4, 0.5) is 11.5 Å². The molecule has 1 fully saturated rings. The van der Waals surface area contributed by atoms with Gasteiger partial charge in [-0.3, -0.25) is 10.1 Å². The van der Waals surface area contributed by atoms with E-state index >= 15 is 0 Å². The van der Waals surface area contributed by atoms with Crippen molar-refractivity contribution in [2.75, 3.05) is 5.32 Å². The molecular formula is C12H14N4O2. The number of pyridine rings is 1. The van der Waals surface area contributed by atoms with Crippen molar-refractivity contribution in [1.29, 1.82) is 5.26 Å². The second-order valence-corrected chi connectivity index (χ2v) is 4.69. The maximum atomic E-state index is 10.9. The molecule has 0 bridgehead atoms. The average molecular weight is 246 g/mol. The Morgan fingerprint density at radius 1 is 1.72 bits per heavy atom. The Balaban J connectivity index is 2.15. The number of nitriles is 1. The fourth-order valence-electron chi connectivity index (χ4n) is 1.91. The molecule has 0 amide bonds. The van der Waals surface area contributed by atoms with Crippen molar-refractivity contribution in [3.8, 4) is 6.07 Å². The lowest BCUT2D eigenvalue weighted by atomic mass is 10.1. The van der Waals surface area contributed by atoms with Crippen molar-refractivity contribution in [3.63, 3.8) is 0 Å². The number of rotatable bonds is 5. The van der Waals surface area contributed by atoms with Crippen molar-refractivity contribution in [2.24, 2.45) is 5.92 Å². The van der Waals surface area contributed by atoms with Crippen LogP contribution in [-0.4, -0.2) is 15.9 Å². The molecular weight excluding hydrogens is 232 g/mol. The number of anilines is 1. The third-order valence-electron chi connectivity index (χ3n) is 2.96. The fraction of sp³-hybridized carbons (Fsp3) is 0.500. The van der Waals surface area contributed by atoms with Crippen LogP contribution in [0.5, 0.6) is 0 Å². The van der Waals surface area contributed by atoms with Gasteiger partial charge in [-0.15, -0.1) is 0 Å². The Bertz CT molecular complexity index is 505. The monoisotopic (exact) mass is 246 g/mol. The second-order valence-electron chi connectivity index (χ2n) is 4.69. The molecule has 1 saturated carbocycles. The van der Waals surface area contributed by atoms with E-state index in [4.69, 9.17) is 5.26 Å². The van der Waals surface area contributed by atoms with Gasteiger partial charge in [-0.05, 0) is 19.3 Å². The zero-order valence-electron chi connectivity index (χ0n) is 10.1. The van der Waals surface area contributed by atoms with Crippen LogP contribution in [0.2, 0.25) is 0 Å². The number of hydrogen-bond acceptors (Lipinski definition) is 5. The average Bonchev–Trinajstić information content (AvgIpc) is 3.13. The maximum absolute atomic E-state index is 10.9. The fourth-order valence-corrected chi connectivity index (χ4v) is 1.91. The van der Waals surface area contributed by atoms with Crippen molar-refractivity contribution < 1.29 is 4.92 Å². The lowest BCUT2D eigenvalue weighted by Crippen LogP contribution is -2.17. The van der Waals surface area contributed by atoms with Gasteiger partial charge in [0.1, 0.15) is 6.07 Å². The quantitative estimate of drug-likeness (QED) is 0.636. The van der Waals surface area contributed by atoms with Gasteiger partial charge < -0.3 is 5.32 Å². The molecule has 18 heavy (non-hydrogen) atoms. The minimum absolute atomic E-state index is 0.142. The normalized spacial score (nSPS) is 15.8. The van der Waals surface area contributed by atoms with E-state index in [0.29, 0.717) is 0 Å². The molecule has 1 aromatic rings. The van der Waals surface area contributed by atoms with E-state index in [1.165, 1.54) is 25.1 Å². The first-order valence-corrected chi connectivity index (χ1v) is 5.91. The number of aromatic nitrogens is 1. The number of nitro groups is 1. The number of nitrogens with one attached hydrogen (secondary N) is 1. The zero-order valence-corrected chi connectivity index (χ0v) is 10.1. The first-order valence-electron chi connectivity index (χ1n) is 5.91. The van der Waals surface area contributed by atoms with Crippen LogP contribution >= 0.6 is 0 Å². The number of hydrogen-bond donors (Lipinski definition) is 1. The molecule has 1 aliphatic carbocycles. The standard InChI is InChI=1S/C12H14N4O2/c1-8(4-9-2-3-9)15-12-11(16(17)18)5-10(6-13)7-14-12/h5,7-9H,2-4H2,1H3,(H,14,15). The summed E-state index contributed by atoms with van der Waals surface area (Å²) in [6, 6.07) is 3.25. The van der Waals surface area contributed by atoms with Crippen molar-refractivity contribution in [1.82, 2.24) is 4.98 Å². The topological polar surface area (TPSA) is 91.8 Å². The van der Waals surface area contributed by atoms with Crippen molar-refractivity contribution in [2.45, 2.75) is 32.2 Å². The molecule has 2 rings (SSSR count). The zero-order chi connectivity index (χ0) is 13.1. The Morgan fingerprint density at radius 2 is 2.44 bits per heavy atom. The molecule has 0 spiro atoms. The van der Waals surface area contributed by atoms with Gasteiger partial charge in [0.2, 0.25) is 5.82 Å². The SMILES string of the molecule is CC(CC1CC1)Nc1ncc(C#N)cc1[N+](=O)[O-]. The molecule has 1 N–H and O–H groups in total. The first kappa shape index (κ1) is 12.3. The van der Waals surface area contributed by atoms with E-state index in [1.54, 1.807) is 0 Å². The van der Waals surface area contributed by atoms with Crippen LogP contribution in [0.3, 0.4) is 0 Å². The summed E-state index contributed by atoms with van der Waals surface area (Å²) in [7, 11) is 0. The minimum atomic E-state index is -0.514. The Morgan fingerprint density at radius 3 is 3.00 bits per heavy atom. The highest BCUT2D eigenvalue weighted by molar-refractivity contribution is 5.58. The summed E-state index contributed by atoms with van der Waals surface area (Å²) >= 11 is 0. The third kappa shape index (κ3) is 2.94. The summed E-state index contributed by atoms with van der Waals surface area (Å²) in [6.45, 7) is 1.99. The van der Waals surface area contributed by atoms with Crippen LogP contribution in [-0.2, 0) is 0 Å². The van der Waals surface area contributed by atoms with Gasteiger partial charge in [-0.1, -0.05) is 12.8 Å². The molecule has 6 heteroatoms. The van der Waals surface area contributed by atoms with E-state index in [9.17, 15) is 10.1 Å². The van der Waals surface area contributed by atoms with E-state index in [2.05, 4.69) is 10.3 Å². The van der Waals surface area contributed by atoms with Gasteiger partial charge in [-0.25, -0.2) is 4.98 Å². The van der Waals surface area contributed by atoms with Crippen LogP contribution in [0, 0.1) is 27.4 Å². The summed E-state index contributed by atoms with van der Waals surface area (Å²) in [5.74, 6) is 0.983. The van der Waals surface area contributed by atoms with Gasteiger partial charge >= 0.3 is 5.69 Å². The summed E-state index contributed by atoms with van der Waals surface area (Å²) in [5, 5.41) is 22.7. The molecule has 0 aromatic carbocycles. The van der Waals surface area contributed by atoms with Crippen molar-refractivity contribution in [3.05, 3.63) is 27.9 Å². The molecule has 1 atom stereocenters. The van der Waals surface area contributed by atoms with Crippen LogP contribution in [0.15, 0.2) is 12.3 Å². The molecule has 6 nitrogen and oxygen atoms in total. The van der Waals surface area contributed by atoms with Gasteiger partial charge in [0, 0.05) is 18.3 Å². The Labute approximate surface area is 105 Å². The van der Waals surface area contributed by atoms with Gasteiger partial charge in [0.25, 0.3) is 0 Å². The molecule has 1 aromatic heterocycles. The molecule has 0 saturated heterocycles.